The fourth-order valence-electron chi connectivity index (χ4n) is 2.97. The van der Waals surface area contributed by atoms with Crippen LogP contribution in [0.2, 0.25) is 0 Å². The summed E-state index contributed by atoms with van der Waals surface area (Å²) in [5.74, 6) is 0.620. The van der Waals surface area contributed by atoms with Gasteiger partial charge in [0, 0.05) is 18.8 Å². The van der Waals surface area contributed by atoms with Gasteiger partial charge in [-0.3, -0.25) is 4.79 Å². The second-order valence-corrected chi connectivity index (χ2v) is 6.09. The Balaban J connectivity index is 1.55. The van der Waals surface area contributed by atoms with Crippen LogP contribution < -0.4 is 5.32 Å². The van der Waals surface area contributed by atoms with E-state index in [0.29, 0.717) is 12.2 Å². The van der Waals surface area contributed by atoms with E-state index in [9.17, 15) is 4.79 Å². The van der Waals surface area contributed by atoms with Crippen molar-refractivity contribution < 1.29 is 9.53 Å². The molecule has 1 amide bonds. The molecule has 0 unspecified atom stereocenters. The van der Waals surface area contributed by atoms with Crippen molar-refractivity contribution in [3.05, 3.63) is 59.7 Å². The van der Waals surface area contributed by atoms with Gasteiger partial charge in [0.1, 0.15) is 5.82 Å². The van der Waals surface area contributed by atoms with E-state index in [1.54, 1.807) is 12.4 Å². The maximum Gasteiger partial charge on any atom is 0.254 e. The summed E-state index contributed by atoms with van der Waals surface area (Å²) in [6.45, 7) is 2.56. The van der Waals surface area contributed by atoms with E-state index in [2.05, 4.69) is 27.4 Å². The van der Waals surface area contributed by atoms with E-state index < -0.39 is 0 Å². The number of hydrogen-bond donors (Lipinski definition) is 1. The lowest BCUT2D eigenvalue weighted by Gasteiger charge is -2.21. The van der Waals surface area contributed by atoms with Crippen LogP contribution in [-0.4, -0.2) is 28.0 Å². The van der Waals surface area contributed by atoms with Crippen molar-refractivity contribution in [1.82, 2.24) is 15.3 Å². The number of nitrogens with one attached hydrogen (secondary N) is 1. The number of aryl methyl sites for hydroxylation is 1. The first-order chi connectivity index (χ1) is 11.8. The molecule has 5 heteroatoms. The zero-order chi connectivity index (χ0) is 16.8. The Bertz CT molecular complexity index is 658. The smallest absolute Gasteiger partial charge is 0.254 e. The van der Waals surface area contributed by atoms with Crippen molar-refractivity contribution in [3.63, 3.8) is 0 Å². The van der Waals surface area contributed by atoms with Gasteiger partial charge in [0.05, 0.1) is 24.3 Å². The summed E-state index contributed by atoms with van der Waals surface area (Å²) in [4.78, 5) is 20.7. The van der Waals surface area contributed by atoms with Gasteiger partial charge in [0.25, 0.3) is 5.91 Å². The largest absolute Gasteiger partial charge is 0.371 e. The van der Waals surface area contributed by atoms with Gasteiger partial charge in [0.15, 0.2) is 0 Å². The average Bonchev–Trinajstić information content (AvgIpc) is 3.08. The van der Waals surface area contributed by atoms with E-state index in [-0.39, 0.29) is 18.1 Å². The first kappa shape index (κ1) is 16.6. The highest BCUT2D eigenvalue weighted by molar-refractivity contribution is 5.93. The third-order valence-corrected chi connectivity index (χ3v) is 4.36. The number of carbonyl (C=O) groups is 1. The Morgan fingerprint density at radius 3 is 2.67 bits per heavy atom. The van der Waals surface area contributed by atoms with Crippen LogP contribution in [0, 0.1) is 0 Å². The minimum absolute atomic E-state index is 0.0482. The molecule has 2 atom stereocenters. The molecule has 1 heterocycles. The van der Waals surface area contributed by atoms with Gasteiger partial charge >= 0.3 is 0 Å². The quantitative estimate of drug-likeness (QED) is 0.887. The molecular weight excluding hydrogens is 302 g/mol. The SMILES string of the molecule is CCc1ncc(C(=O)N[C@@H]2CCC[C@H]2OCc2ccccc2)cn1. The molecule has 1 aliphatic rings. The highest BCUT2D eigenvalue weighted by atomic mass is 16.5. The van der Waals surface area contributed by atoms with Gasteiger partial charge in [-0.05, 0) is 24.8 Å². The molecule has 1 fully saturated rings. The minimum atomic E-state index is -0.127. The first-order valence-electron chi connectivity index (χ1n) is 8.53. The van der Waals surface area contributed by atoms with Crippen LogP contribution in [0.4, 0.5) is 0 Å². The summed E-state index contributed by atoms with van der Waals surface area (Å²) >= 11 is 0. The molecule has 126 valence electrons. The monoisotopic (exact) mass is 325 g/mol. The Labute approximate surface area is 142 Å². The Kier molecular flexibility index (Phi) is 5.54. The number of amides is 1. The molecule has 0 spiro atoms. The summed E-state index contributed by atoms with van der Waals surface area (Å²) in [6.07, 6.45) is 6.99. The molecule has 1 N–H and O–H groups in total. The molecule has 2 aromatic rings. The lowest BCUT2D eigenvalue weighted by atomic mass is 10.2. The summed E-state index contributed by atoms with van der Waals surface area (Å²) in [7, 11) is 0. The maximum atomic E-state index is 12.4. The molecule has 0 radical (unpaired) electrons. The third-order valence-electron chi connectivity index (χ3n) is 4.36. The molecule has 0 aliphatic heterocycles. The number of carbonyl (C=O) groups excluding carboxylic acids is 1. The minimum Gasteiger partial charge on any atom is -0.371 e. The predicted molar refractivity (Wildman–Crippen MR) is 91.5 cm³/mol. The number of rotatable bonds is 6. The molecule has 1 saturated carbocycles. The Morgan fingerprint density at radius 2 is 1.96 bits per heavy atom. The lowest BCUT2D eigenvalue weighted by Crippen LogP contribution is -2.41. The van der Waals surface area contributed by atoms with Crippen LogP contribution in [-0.2, 0) is 17.8 Å². The average molecular weight is 325 g/mol. The van der Waals surface area contributed by atoms with Crippen LogP contribution in [0.15, 0.2) is 42.7 Å². The van der Waals surface area contributed by atoms with Crippen molar-refractivity contribution in [2.24, 2.45) is 0 Å². The Morgan fingerprint density at radius 1 is 1.21 bits per heavy atom. The highest BCUT2D eigenvalue weighted by Crippen LogP contribution is 2.23. The van der Waals surface area contributed by atoms with Gasteiger partial charge in [-0.1, -0.05) is 37.3 Å². The van der Waals surface area contributed by atoms with Crippen molar-refractivity contribution in [2.75, 3.05) is 0 Å². The molecule has 0 bridgehead atoms. The Hall–Kier alpha value is -2.27. The van der Waals surface area contributed by atoms with Gasteiger partial charge in [-0.25, -0.2) is 9.97 Å². The zero-order valence-corrected chi connectivity index (χ0v) is 13.9. The first-order valence-corrected chi connectivity index (χ1v) is 8.53. The van der Waals surface area contributed by atoms with Crippen LogP contribution >= 0.6 is 0 Å². The van der Waals surface area contributed by atoms with Crippen molar-refractivity contribution >= 4 is 5.91 Å². The van der Waals surface area contributed by atoms with Crippen molar-refractivity contribution in [3.8, 4) is 0 Å². The summed E-state index contributed by atoms with van der Waals surface area (Å²) in [6, 6.07) is 10.2. The molecule has 3 rings (SSSR count). The third kappa shape index (κ3) is 4.17. The van der Waals surface area contributed by atoms with Crippen molar-refractivity contribution in [2.45, 2.75) is 51.4 Å². The number of nitrogens with zero attached hydrogens (tertiary/aromatic N) is 2. The van der Waals surface area contributed by atoms with Crippen LogP contribution in [0.5, 0.6) is 0 Å². The summed E-state index contributed by atoms with van der Waals surface area (Å²) in [5.41, 5.74) is 1.65. The summed E-state index contributed by atoms with van der Waals surface area (Å²) in [5, 5.41) is 3.08. The molecule has 1 aromatic carbocycles. The lowest BCUT2D eigenvalue weighted by molar-refractivity contribution is 0.0272. The molecule has 24 heavy (non-hydrogen) atoms. The number of benzene rings is 1. The topological polar surface area (TPSA) is 64.1 Å². The van der Waals surface area contributed by atoms with Gasteiger partial charge in [-0.2, -0.15) is 0 Å². The second-order valence-electron chi connectivity index (χ2n) is 6.09. The molecule has 1 aliphatic carbocycles. The molecule has 5 nitrogen and oxygen atoms in total. The zero-order valence-electron chi connectivity index (χ0n) is 13.9. The fraction of sp³-hybridized carbons (Fsp3) is 0.421. The standard InChI is InChI=1S/C19H23N3O2/c1-2-18-20-11-15(12-21-18)19(23)22-16-9-6-10-17(16)24-13-14-7-4-3-5-8-14/h3-5,7-8,11-12,16-17H,2,6,9-10,13H2,1H3,(H,22,23)/t16-,17-/m1/s1. The van der Waals surface area contributed by atoms with E-state index in [0.717, 1.165) is 37.1 Å². The van der Waals surface area contributed by atoms with E-state index in [1.807, 2.05) is 25.1 Å². The van der Waals surface area contributed by atoms with E-state index in [4.69, 9.17) is 4.74 Å². The summed E-state index contributed by atoms with van der Waals surface area (Å²) < 4.78 is 6.03. The van der Waals surface area contributed by atoms with Gasteiger partial charge in [0.2, 0.25) is 0 Å². The van der Waals surface area contributed by atoms with Gasteiger partial charge in [-0.15, -0.1) is 0 Å². The van der Waals surface area contributed by atoms with Crippen molar-refractivity contribution in [1.29, 1.82) is 0 Å². The molecular formula is C19H23N3O2. The second kappa shape index (κ2) is 8.02. The number of hydrogen-bond acceptors (Lipinski definition) is 4. The van der Waals surface area contributed by atoms with Crippen LogP contribution in [0.3, 0.4) is 0 Å². The predicted octanol–water partition coefficient (Wildman–Crippen LogP) is 2.91. The molecule has 1 aromatic heterocycles. The normalized spacial score (nSPS) is 20.0. The number of aromatic nitrogens is 2. The fourth-order valence-corrected chi connectivity index (χ4v) is 2.97. The number of ether oxygens (including phenoxy) is 1. The van der Waals surface area contributed by atoms with Crippen LogP contribution in [0.25, 0.3) is 0 Å². The highest BCUT2D eigenvalue weighted by Gasteiger charge is 2.29. The van der Waals surface area contributed by atoms with Crippen LogP contribution in [0.1, 0.15) is 47.9 Å². The maximum absolute atomic E-state index is 12.4. The van der Waals surface area contributed by atoms with Gasteiger partial charge < -0.3 is 10.1 Å². The van der Waals surface area contributed by atoms with E-state index >= 15 is 0 Å². The van der Waals surface area contributed by atoms with E-state index in [1.165, 1.54) is 0 Å². The molecule has 0 saturated heterocycles.